The highest BCUT2D eigenvalue weighted by atomic mass is 35.5. The van der Waals surface area contributed by atoms with E-state index in [1.807, 2.05) is 0 Å². The number of halogens is 1. The lowest BCUT2D eigenvalue weighted by molar-refractivity contribution is -0.139. The molecule has 5 nitrogen and oxygen atoms in total. The molecule has 0 bridgehead atoms. The van der Waals surface area contributed by atoms with Crippen molar-refractivity contribution in [1.82, 2.24) is 0 Å². The third-order valence-electron chi connectivity index (χ3n) is 2.24. The Balaban J connectivity index is 3.14. The van der Waals surface area contributed by atoms with Gasteiger partial charge in [0.25, 0.3) is 0 Å². The molecule has 17 heavy (non-hydrogen) atoms. The summed E-state index contributed by atoms with van der Waals surface area (Å²) in [5, 5.41) is 18.5. The van der Waals surface area contributed by atoms with Crippen LogP contribution in [0.3, 0.4) is 0 Å². The van der Waals surface area contributed by atoms with E-state index in [0.717, 1.165) is 0 Å². The predicted molar refractivity (Wildman–Crippen MR) is 61.8 cm³/mol. The number of aliphatic hydroxyl groups is 1. The fourth-order valence-corrected chi connectivity index (χ4v) is 1.80. The summed E-state index contributed by atoms with van der Waals surface area (Å²) in [6.07, 6.45) is -1.60. The van der Waals surface area contributed by atoms with Crippen molar-refractivity contribution in [3.8, 4) is 11.5 Å². The first-order valence-corrected chi connectivity index (χ1v) is 5.19. The SMILES string of the molecule is COc1ccc(C(O)CC(=O)O)c(Cl)c1OC. The highest BCUT2D eigenvalue weighted by molar-refractivity contribution is 6.33. The lowest BCUT2D eigenvalue weighted by atomic mass is 10.1. The molecule has 0 fully saturated rings. The molecule has 0 aliphatic carbocycles. The summed E-state index contributed by atoms with van der Waals surface area (Å²) in [6.45, 7) is 0. The molecule has 0 heterocycles. The highest BCUT2D eigenvalue weighted by Gasteiger charge is 2.20. The number of benzene rings is 1. The maximum Gasteiger partial charge on any atom is 0.306 e. The smallest absolute Gasteiger partial charge is 0.306 e. The lowest BCUT2D eigenvalue weighted by Crippen LogP contribution is -2.06. The number of aliphatic hydroxyl groups excluding tert-OH is 1. The number of rotatable bonds is 5. The van der Waals surface area contributed by atoms with Crippen molar-refractivity contribution in [3.63, 3.8) is 0 Å². The third kappa shape index (κ3) is 3.01. The molecule has 2 N–H and O–H groups in total. The standard InChI is InChI=1S/C11H13ClO5/c1-16-8-4-3-6(7(13)5-9(14)15)10(12)11(8)17-2/h3-4,7,13H,5H2,1-2H3,(H,14,15). The van der Waals surface area contributed by atoms with Crippen LogP contribution in [0, 0.1) is 0 Å². The van der Waals surface area contributed by atoms with Gasteiger partial charge < -0.3 is 19.7 Å². The zero-order valence-electron chi connectivity index (χ0n) is 9.44. The Morgan fingerprint density at radius 3 is 2.53 bits per heavy atom. The van der Waals surface area contributed by atoms with Gasteiger partial charge in [0.1, 0.15) is 0 Å². The average molecular weight is 261 g/mol. The van der Waals surface area contributed by atoms with Gasteiger partial charge in [0.15, 0.2) is 11.5 Å². The van der Waals surface area contributed by atoms with Crippen LogP contribution < -0.4 is 9.47 Å². The zero-order chi connectivity index (χ0) is 13.0. The second-order valence-corrected chi connectivity index (χ2v) is 3.70. The molecule has 1 aromatic carbocycles. The van der Waals surface area contributed by atoms with E-state index in [4.69, 9.17) is 26.2 Å². The van der Waals surface area contributed by atoms with E-state index in [1.54, 1.807) is 6.07 Å². The van der Waals surface area contributed by atoms with E-state index in [2.05, 4.69) is 0 Å². The number of carboxylic acids is 1. The Morgan fingerprint density at radius 2 is 2.06 bits per heavy atom. The summed E-state index contributed by atoms with van der Waals surface area (Å²) < 4.78 is 10.1. The zero-order valence-corrected chi connectivity index (χ0v) is 10.2. The van der Waals surface area contributed by atoms with Gasteiger partial charge in [-0.25, -0.2) is 0 Å². The summed E-state index contributed by atoms with van der Waals surface area (Å²) >= 11 is 6.01. The molecule has 6 heteroatoms. The van der Waals surface area contributed by atoms with Gasteiger partial charge in [-0.2, -0.15) is 0 Å². The van der Waals surface area contributed by atoms with Crippen LogP contribution in [0.4, 0.5) is 0 Å². The molecule has 94 valence electrons. The summed E-state index contributed by atoms with van der Waals surface area (Å²) in [7, 11) is 2.87. The molecule has 1 unspecified atom stereocenters. The van der Waals surface area contributed by atoms with Gasteiger partial charge >= 0.3 is 5.97 Å². The van der Waals surface area contributed by atoms with Crippen molar-refractivity contribution in [3.05, 3.63) is 22.7 Å². The molecule has 0 saturated carbocycles. The molecule has 0 spiro atoms. The summed E-state index contributed by atoms with van der Waals surface area (Å²) in [6, 6.07) is 3.07. The largest absolute Gasteiger partial charge is 0.493 e. The normalized spacial score (nSPS) is 12.0. The number of hydrogen-bond acceptors (Lipinski definition) is 4. The molecular formula is C11H13ClO5. The topological polar surface area (TPSA) is 76.0 Å². The molecule has 0 saturated heterocycles. The number of carboxylic acid groups (broad SMARTS) is 1. The molecule has 0 radical (unpaired) electrons. The van der Waals surface area contributed by atoms with Gasteiger partial charge in [0, 0.05) is 5.56 Å². The number of methoxy groups -OCH3 is 2. The summed E-state index contributed by atoms with van der Waals surface area (Å²) in [4.78, 5) is 10.5. The summed E-state index contributed by atoms with van der Waals surface area (Å²) in [5.41, 5.74) is 0.298. The van der Waals surface area contributed by atoms with E-state index in [0.29, 0.717) is 11.3 Å². The van der Waals surface area contributed by atoms with Gasteiger partial charge in [-0.1, -0.05) is 17.7 Å². The van der Waals surface area contributed by atoms with Crippen LogP contribution in [0.1, 0.15) is 18.1 Å². The van der Waals surface area contributed by atoms with Gasteiger partial charge in [0.2, 0.25) is 0 Å². The van der Waals surface area contributed by atoms with Gasteiger partial charge in [-0.3, -0.25) is 4.79 Å². The maximum absolute atomic E-state index is 10.5. The molecular weight excluding hydrogens is 248 g/mol. The second-order valence-electron chi connectivity index (χ2n) is 3.32. The molecule has 0 aliphatic heterocycles. The molecule has 0 aliphatic rings. The summed E-state index contributed by atoms with van der Waals surface area (Å²) in [5.74, 6) is -0.414. The number of aliphatic carboxylic acids is 1. The predicted octanol–water partition coefficient (Wildman–Crippen LogP) is 1.87. The van der Waals surface area contributed by atoms with Crippen molar-refractivity contribution in [1.29, 1.82) is 0 Å². The third-order valence-corrected chi connectivity index (χ3v) is 2.63. The van der Waals surface area contributed by atoms with Crippen LogP contribution >= 0.6 is 11.6 Å². The van der Waals surface area contributed by atoms with Crippen molar-refractivity contribution >= 4 is 17.6 Å². The van der Waals surface area contributed by atoms with Crippen LogP contribution in [-0.4, -0.2) is 30.4 Å². The molecule has 1 atom stereocenters. The number of ether oxygens (including phenoxy) is 2. The van der Waals surface area contributed by atoms with Crippen LogP contribution in [0.2, 0.25) is 5.02 Å². The maximum atomic E-state index is 10.5. The molecule has 1 rings (SSSR count). The lowest BCUT2D eigenvalue weighted by Gasteiger charge is -2.15. The monoisotopic (exact) mass is 260 g/mol. The Hall–Kier alpha value is -1.46. The minimum absolute atomic E-state index is 0.153. The first kappa shape index (κ1) is 13.6. The fraction of sp³-hybridized carbons (Fsp3) is 0.364. The van der Waals surface area contributed by atoms with Crippen LogP contribution in [0.25, 0.3) is 0 Å². The average Bonchev–Trinajstić information content (AvgIpc) is 2.27. The fourth-order valence-electron chi connectivity index (χ4n) is 1.44. The van der Waals surface area contributed by atoms with E-state index in [-0.39, 0.29) is 10.8 Å². The Bertz CT molecular complexity index is 419. The van der Waals surface area contributed by atoms with Gasteiger partial charge in [-0.15, -0.1) is 0 Å². The molecule has 0 aromatic heterocycles. The second kappa shape index (κ2) is 5.75. The Labute approximate surface area is 104 Å². The first-order valence-electron chi connectivity index (χ1n) is 4.81. The quantitative estimate of drug-likeness (QED) is 0.845. The van der Waals surface area contributed by atoms with Crippen LogP contribution in [0.5, 0.6) is 11.5 Å². The number of hydrogen-bond donors (Lipinski definition) is 2. The molecule has 0 amide bonds. The number of carbonyl (C=O) groups is 1. The van der Waals surface area contributed by atoms with Gasteiger partial charge in [-0.05, 0) is 6.07 Å². The van der Waals surface area contributed by atoms with E-state index in [9.17, 15) is 9.90 Å². The van der Waals surface area contributed by atoms with Crippen molar-refractivity contribution in [2.75, 3.05) is 14.2 Å². The van der Waals surface area contributed by atoms with Crippen molar-refractivity contribution < 1.29 is 24.5 Å². The minimum Gasteiger partial charge on any atom is -0.493 e. The van der Waals surface area contributed by atoms with E-state index < -0.39 is 18.5 Å². The molecule has 1 aromatic rings. The Morgan fingerprint density at radius 1 is 1.41 bits per heavy atom. The van der Waals surface area contributed by atoms with Crippen molar-refractivity contribution in [2.45, 2.75) is 12.5 Å². The van der Waals surface area contributed by atoms with E-state index in [1.165, 1.54) is 20.3 Å². The van der Waals surface area contributed by atoms with E-state index >= 15 is 0 Å². The van der Waals surface area contributed by atoms with Gasteiger partial charge in [0.05, 0.1) is 31.8 Å². The first-order chi connectivity index (χ1) is 8.01. The highest BCUT2D eigenvalue weighted by Crippen LogP contribution is 2.40. The van der Waals surface area contributed by atoms with Crippen LogP contribution in [0.15, 0.2) is 12.1 Å². The Kier molecular flexibility index (Phi) is 4.60. The minimum atomic E-state index is -1.18. The van der Waals surface area contributed by atoms with Crippen LogP contribution in [-0.2, 0) is 4.79 Å². The van der Waals surface area contributed by atoms with Crippen molar-refractivity contribution in [2.24, 2.45) is 0 Å².